The third-order valence-electron chi connectivity index (χ3n) is 1.57. The van der Waals surface area contributed by atoms with Crippen molar-refractivity contribution in [2.75, 3.05) is 0 Å². The molecule has 2 nitrogen and oxygen atoms in total. The first-order valence-electron chi connectivity index (χ1n) is 3.19. The molecule has 0 atom stereocenters. The minimum absolute atomic E-state index is 0.166. The van der Waals surface area contributed by atoms with Crippen molar-refractivity contribution in [3.63, 3.8) is 0 Å². The Kier molecular flexibility index (Phi) is 1.75. The third-order valence-corrected chi connectivity index (χ3v) is 2.33. The number of hydrogen-bond donors (Lipinski definition) is 0. The molecular weight excluding hydrogens is 277 g/mol. The van der Waals surface area contributed by atoms with Gasteiger partial charge in [-0.2, -0.15) is 0 Å². The Morgan fingerprint density at radius 3 is 2.83 bits per heavy atom. The normalized spacial score (nSPS) is 10.9. The third kappa shape index (κ3) is 0.996. The summed E-state index contributed by atoms with van der Waals surface area (Å²) in [7, 11) is 0. The fraction of sp³-hybridized carbons (Fsp3) is 0. The van der Waals surface area contributed by atoms with Crippen LogP contribution < -0.4 is 0 Å². The van der Waals surface area contributed by atoms with Gasteiger partial charge in [-0.15, -0.1) is 5.10 Å². The van der Waals surface area contributed by atoms with Gasteiger partial charge in [-0.3, -0.25) is 0 Å². The van der Waals surface area contributed by atoms with Crippen molar-refractivity contribution < 1.29 is 8.87 Å². The minimum Gasteiger partial charge on any atom is -0.206 e. The molecule has 0 saturated carbocycles. The van der Waals surface area contributed by atoms with E-state index >= 15 is 0 Å². The van der Waals surface area contributed by atoms with Gasteiger partial charge in [-0.05, 0) is 34.7 Å². The van der Waals surface area contributed by atoms with Crippen LogP contribution in [0.2, 0.25) is 0 Å². The van der Waals surface area contributed by atoms with E-state index in [2.05, 4.69) is 5.10 Å². The van der Waals surface area contributed by atoms with Gasteiger partial charge in [-0.25, -0.2) is 4.39 Å². The zero-order chi connectivity index (χ0) is 8.72. The molecule has 0 radical (unpaired) electrons. The van der Waals surface area contributed by atoms with Gasteiger partial charge in [0.05, 0.1) is 5.39 Å². The molecule has 5 heteroatoms. The molecule has 0 fully saturated rings. The van der Waals surface area contributed by atoms with E-state index in [1.54, 1.807) is 22.6 Å². The SMILES string of the molecule is Fc1cccc2c1c(I)nn2F. The van der Waals surface area contributed by atoms with Crippen LogP contribution in [0.15, 0.2) is 18.2 Å². The van der Waals surface area contributed by atoms with E-state index in [0.29, 0.717) is 3.70 Å². The molecular formula is C7H3F2IN2. The Bertz CT molecular complexity index is 438. The van der Waals surface area contributed by atoms with E-state index in [1.165, 1.54) is 18.2 Å². The quantitative estimate of drug-likeness (QED) is 0.678. The van der Waals surface area contributed by atoms with E-state index in [0.717, 1.165) is 0 Å². The number of benzene rings is 1. The zero-order valence-corrected chi connectivity index (χ0v) is 7.92. The Morgan fingerprint density at radius 1 is 1.42 bits per heavy atom. The van der Waals surface area contributed by atoms with Crippen LogP contribution in [0.1, 0.15) is 0 Å². The molecule has 12 heavy (non-hydrogen) atoms. The summed E-state index contributed by atoms with van der Waals surface area (Å²) in [4.78, 5) is 0.181. The predicted molar refractivity (Wildman–Crippen MR) is 48.9 cm³/mol. The van der Waals surface area contributed by atoms with Gasteiger partial charge < -0.3 is 0 Å². The summed E-state index contributed by atoms with van der Waals surface area (Å²) in [6, 6.07) is 4.21. The number of hydrogen-bond acceptors (Lipinski definition) is 1. The van der Waals surface area contributed by atoms with Gasteiger partial charge in [0.25, 0.3) is 0 Å². The van der Waals surface area contributed by atoms with E-state index in [1.807, 2.05) is 0 Å². The van der Waals surface area contributed by atoms with Crippen molar-refractivity contribution in [2.24, 2.45) is 0 Å². The van der Waals surface area contributed by atoms with Gasteiger partial charge in [0.1, 0.15) is 15.0 Å². The largest absolute Gasteiger partial charge is 0.206 e. The molecule has 0 spiro atoms. The molecule has 1 aromatic heterocycles. The second-order valence-corrected chi connectivity index (χ2v) is 3.31. The molecule has 0 aliphatic rings. The minimum atomic E-state index is -0.444. The van der Waals surface area contributed by atoms with Crippen molar-refractivity contribution in [3.8, 4) is 0 Å². The monoisotopic (exact) mass is 280 g/mol. The molecule has 62 valence electrons. The fourth-order valence-electron chi connectivity index (χ4n) is 1.05. The van der Waals surface area contributed by atoms with E-state index in [9.17, 15) is 8.87 Å². The number of nitrogens with zero attached hydrogens (tertiary/aromatic N) is 2. The second kappa shape index (κ2) is 2.65. The summed E-state index contributed by atoms with van der Waals surface area (Å²) in [6.45, 7) is 0. The van der Waals surface area contributed by atoms with Crippen molar-refractivity contribution in [1.82, 2.24) is 10.0 Å². The lowest BCUT2D eigenvalue weighted by atomic mass is 10.2. The lowest BCUT2D eigenvalue weighted by Crippen LogP contribution is -1.82. The lowest BCUT2D eigenvalue weighted by molar-refractivity contribution is 0.330. The maximum atomic E-state index is 13.0. The summed E-state index contributed by atoms with van der Waals surface area (Å²) in [5.74, 6) is -0.444. The van der Waals surface area contributed by atoms with Gasteiger partial charge in [0.15, 0.2) is 0 Å². The summed E-state index contributed by atoms with van der Waals surface area (Å²) < 4.78 is 26.2. The molecule has 0 unspecified atom stereocenters. The van der Waals surface area contributed by atoms with Gasteiger partial charge in [0, 0.05) is 0 Å². The standard InChI is InChI=1S/C7H3F2IN2/c8-4-2-1-3-5-6(4)7(10)11-12(5)9/h1-3H. The topological polar surface area (TPSA) is 17.8 Å². The zero-order valence-electron chi connectivity index (χ0n) is 5.76. The van der Waals surface area contributed by atoms with Gasteiger partial charge in [0.2, 0.25) is 0 Å². The number of aromatic nitrogens is 2. The van der Waals surface area contributed by atoms with Crippen LogP contribution >= 0.6 is 22.6 Å². The first-order chi connectivity index (χ1) is 5.70. The van der Waals surface area contributed by atoms with E-state index in [4.69, 9.17) is 0 Å². The molecule has 0 bridgehead atoms. The fourth-order valence-corrected chi connectivity index (χ4v) is 1.78. The van der Waals surface area contributed by atoms with Crippen molar-refractivity contribution in [2.45, 2.75) is 0 Å². The molecule has 0 aliphatic heterocycles. The van der Waals surface area contributed by atoms with Crippen LogP contribution in [0.25, 0.3) is 10.9 Å². The van der Waals surface area contributed by atoms with Crippen molar-refractivity contribution >= 4 is 33.5 Å². The number of fused-ring (bicyclic) bond motifs is 1. The predicted octanol–water partition coefficient (Wildman–Crippen LogP) is 2.51. The lowest BCUT2D eigenvalue weighted by Gasteiger charge is -1.90. The molecule has 2 aromatic rings. The molecule has 1 aromatic carbocycles. The molecule has 0 saturated heterocycles. The first kappa shape index (κ1) is 7.90. The maximum absolute atomic E-state index is 13.0. The molecule has 1 heterocycles. The summed E-state index contributed by atoms with van der Waals surface area (Å²) in [5.41, 5.74) is 0.166. The average Bonchev–Trinajstić information content (AvgIpc) is 2.29. The van der Waals surface area contributed by atoms with Crippen molar-refractivity contribution in [3.05, 3.63) is 27.7 Å². The van der Waals surface area contributed by atoms with Crippen LogP contribution in [0.5, 0.6) is 0 Å². The highest BCUT2D eigenvalue weighted by Gasteiger charge is 2.11. The van der Waals surface area contributed by atoms with Crippen LogP contribution in [-0.2, 0) is 0 Å². The van der Waals surface area contributed by atoms with E-state index < -0.39 is 5.82 Å². The summed E-state index contributed by atoms with van der Waals surface area (Å²) in [5, 5.41) is 3.68. The Morgan fingerprint density at radius 2 is 2.17 bits per heavy atom. The van der Waals surface area contributed by atoms with Crippen LogP contribution in [0, 0.1) is 9.52 Å². The highest BCUT2D eigenvalue weighted by Crippen LogP contribution is 2.22. The second-order valence-electron chi connectivity index (χ2n) is 2.28. The molecule has 0 N–H and O–H groups in total. The Balaban J connectivity index is 2.99. The molecule has 0 aliphatic carbocycles. The van der Waals surface area contributed by atoms with E-state index in [-0.39, 0.29) is 15.8 Å². The number of rotatable bonds is 0. The highest BCUT2D eigenvalue weighted by molar-refractivity contribution is 14.1. The summed E-state index contributed by atoms with van der Waals surface area (Å²) in [6.07, 6.45) is 0. The highest BCUT2D eigenvalue weighted by atomic mass is 127. The Labute approximate surface area is 80.2 Å². The summed E-state index contributed by atoms with van der Waals surface area (Å²) >= 11 is 1.79. The van der Waals surface area contributed by atoms with Gasteiger partial charge in [-0.1, -0.05) is 15.5 Å². The van der Waals surface area contributed by atoms with Crippen LogP contribution in [0.3, 0.4) is 0 Å². The van der Waals surface area contributed by atoms with Gasteiger partial charge >= 0.3 is 0 Å². The molecule has 0 amide bonds. The average molecular weight is 280 g/mol. The van der Waals surface area contributed by atoms with Crippen LogP contribution in [-0.4, -0.2) is 10.0 Å². The smallest absolute Gasteiger partial charge is 0.137 e. The van der Waals surface area contributed by atoms with Crippen LogP contribution in [0.4, 0.5) is 8.87 Å². The first-order valence-corrected chi connectivity index (χ1v) is 4.27. The maximum Gasteiger partial charge on any atom is 0.137 e. The van der Waals surface area contributed by atoms with Crippen molar-refractivity contribution in [1.29, 1.82) is 0 Å². The molecule has 2 rings (SSSR count). The Hall–Kier alpha value is -0.720. The number of halogens is 3.